The van der Waals surface area contributed by atoms with E-state index in [9.17, 15) is 24.0 Å². The minimum atomic E-state index is -0.966. The summed E-state index contributed by atoms with van der Waals surface area (Å²) in [6, 6.07) is -1.48. The highest BCUT2D eigenvalue weighted by Gasteiger charge is 2.34. The van der Waals surface area contributed by atoms with Crippen molar-refractivity contribution in [2.45, 2.75) is 84.1 Å². The number of unbranched alkanes of at least 4 members (excludes halogenated alkanes) is 6. The number of methoxy groups -OCH3 is 1. The van der Waals surface area contributed by atoms with E-state index in [-0.39, 0.29) is 18.4 Å². The van der Waals surface area contributed by atoms with Gasteiger partial charge in [0.05, 0.1) is 12.6 Å². The number of carbonyl (C=O) groups is 5. The lowest BCUT2D eigenvalue weighted by molar-refractivity contribution is -0.172. The van der Waals surface area contributed by atoms with E-state index in [1.807, 2.05) is 0 Å². The molecule has 1 heterocycles. The highest BCUT2D eigenvalue weighted by molar-refractivity contribution is 6.13. The Kier molecular flexibility index (Phi) is 14.4. The molecule has 3 unspecified atom stereocenters. The standard InChI is InChI=1S/C25H38N2O8/c1-5-13-21(29)26(18-28)19(2)24(32)34-16-11-9-7-6-8-10-12-17-35-25(33-4)20(3)27-22(30)14-15-23(27)31/h5,13-15,18-20,25H,6-12,16-17H2,1-4H3/b13-5-. The van der Waals surface area contributed by atoms with Gasteiger partial charge in [0.15, 0.2) is 6.29 Å². The second kappa shape index (κ2) is 16.7. The molecule has 1 rings (SSSR count). The number of ether oxygens (including phenoxy) is 3. The lowest BCUT2D eigenvalue weighted by Crippen LogP contribution is -2.47. The van der Waals surface area contributed by atoms with Crippen LogP contribution in [0.5, 0.6) is 0 Å². The fraction of sp³-hybridized carbons (Fsp3) is 0.640. The van der Waals surface area contributed by atoms with Gasteiger partial charge in [0, 0.05) is 25.9 Å². The third kappa shape index (κ3) is 10.1. The molecule has 0 saturated carbocycles. The first-order valence-electron chi connectivity index (χ1n) is 12.0. The molecule has 1 aliphatic rings. The molecule has 0 fully saturated rings. The molecule has 0 spiro atoms. The highest BCUT2D eigenvalue weighted by atomic mass is 16.7. The Morgan fingerprint density at radius 2 is 1.51 bits per heavy atom. The number of allylic oxidation sites excluding steroid dienone is 1. The zero-order chi connectivity index (χ0) is 26.2. The Morgan fingerprint density at radius 3 is 2.03 bits per heavy atom. The molecule has 0 saturated heterocycles. The Hall–Kier alpha value is -2.85. The van der Waals surface area contributed by atoms with Gasteiger partial charge in [0.1, 0.15) is 6.04 Å². The second-order valence-corrected chi connectivity index (χ2v) is 8.26. The van der Waals surface area contributed by atoms with E-state index in [0.29, 0.717) is 19.4 Å². The van der Waals surface area contributed by atoms with Crippen LogP contribution in [0.25, 0.3) is 0 Å². The summed E-state index contributed by atoms with van der Waals surface area (Å²) >= 11 is 0. The zero-order valence-corrected chi connectivity index (χ0v) is 21.1. The van der Waals surface area contributed by atoms with Crippen LogP contribution in [-0.2, 0) is 38.2 Å². The largest absolute Gasteiger partial charge is 0.464 e. The van der Waals surface area contributed by atoms with E-state index in [0.717, 1.165) is 48.3 Å². The molecule has 0 bridgehead atoms. The Morgan fingerprint density at radius 1 is 0.971 bits per heavy atom. The highest BCUT2D eigenvalue weighted by Crippen LogP contribution is 2.16. The molecule has 0 aromatic heterocycles. The van der Waals surface area contributed by atoms with Crippen molar-refractivity contribution in [1.82, 2.24) is 9.80 Å². The monoisotopic (exact) mass is 494 g/mol. The van der Waals surface area contributed by atoms with Crippen LogP contribution in [0.1, 0.15) is 65.7 Å². The van der Waals surface area contributed by atoms with Crippen molar-refractivity contribution in [3.05, 3.63) is 24.3 Å². The topological polar surface area (TPSA) is 120 Å². The first kappa shape index (κ1) is 30.2. The fourth-order valence-electron chi connectivity index (χ4n) is 3.60. The van der Waals surface area contributed by atoms with Crippen LogP contribution in [0.2, 0.25) is 0 Å². The van der Waals surface area contributed by atoms with Crippen LogP contribution in [0.3, 0.4) is 0 Å². The van der Waals surface area contributed by atoms with Gasteiger partial charge in [-0.2, -0.15) is 0 Å². The maximum Gasteiger partial charge on any atom is 0.329 e. The Bertz CT molecular complexity index is 761. The number of amides is 4. The van der Waals surface area contributed by atoms with Crippen LogP contribution in [0.15, 0.2) is 24.3 Å². The number of rotatable bonds is 18. The molecule has 10 heteroatoms. The first-order chi connectivity index (χ1) is 16.8. The predicted molar refractivity (Wildman–Crippen MR) is 128 cm³/mol. The van der Waals surface area contributed by atoms with E-state index < -0.39 is 30.3 Å². The molecule has 10 nitrogen and oxygen atoms in total. The van der Waals surface area contributed by atoms with Crippen LogP contribution < -0.4 is 0 Å². The Balaban J connectivity index is 2.10. The van der Waals surface area contributed by atoms with Gasteiger partial charge in [-0.25, -0.2) is 4.79 Å². The molecule has 0 aliphatic carbocycles. The molecule has 0 aromatic carbocycles. The maximum atomic E-state index is 12.0. The van der Waals surface area contributed by atoms with Crippen molar-refractivity contribution in [1.29, 1.82) is 0 Å². The van der Waals surface area contributed by atoms with Gasteiger partial charge in [-0.15, -0.1) is 0 Å². The summed E-state index contributed by atoms with van der Waals surface area (Å²) in [5.74, 6) is -1.88. The van der Waals surface area contributed by atoms with Gasteiger partial charge in [0.2, 0.25) is 6.41 Å². The summed E-state index contributed by atoms with van der Waals surface area (Å²) in [6.07, 6.45) is 11.4. The molecule has 0 radical (unpaired) electrons. The minimum Gasteiger partial charge on any atom is -0.464 e. The summed E-state index contributed by atoms with van der Waals surface area (Å²) in [6.45, 7) is 5.54. The van der Waals surface area contributed by atoms with Gasteiger partial charge >= 0.3 is 5.97 Å². The molecule has 3 atom stereocenters. The van der Waals surface area contributed by atoms with Crippen LogP contribution in [-0.4, -0.2) is 78.6 Å². The summed E-state index contributed by atoms with van der Waals surface area (Å²) in [7, 11) is 1.49. The molecular weight excluding hydrogens is 456 g/mol. The maximum absolute atomic E-state index is 12.0. The van der Waals surface area contributed by atoms with Gasteiger partial charge < -0.3 is 14.2 Å². The van der Waals surface area contributed by atoms with Crippen molar-refractivity contribution in [2.24, 2.45) is 0 Å². The summed E-state index contributed by atoms with van der Waals surface area (Å²) in [5.41, 5.74) is 0. The van der Waals surface area contributed by atoms with Crippen LogP contribution in [0, 0.1) is 0 Å². The normalized spacial score (nSPS) is 15.9. The molecule has 4 amide bonds. The molecule has 0 aromatic rings. The van der Waals surface area contributed by atoms with Crippen LogP contribution >= 0.6 is 0 Å². The quantitative estimate of drug-likeness (QED) is 0.0712. The van der Waals surface area contributed by atoms with Crippen LogP contribution in [0.4, 0.5) is 0 Å². The smallest absolute Gasteiger partial charge is 0.329 e. The summed E-state index contributed by atoms with van der Waals surface area (Å²) in [4.78, 5) is 60.4. The van der Waals surface area contributed by atoms with E-state index in [1.54, 1.807) is 13.8 Å². The predicted octanol–water partition coefficient (Wildman–Crippen LogP) is 2.51. The molecule has 1 aliphatic heterocycles. The fourth-order valence-corrected chi connectivity index (χ4v) is 3.60. The third-order valence-electron chi connectivity index (χ3n) is 5.63. The van der Waals surface area contributed by atoms with Gasteiger partial charge in [-0.05, 0) is 39.7 Å². The van der Waals surface area contributed by atoms with Crippen molar-refractivity contribution < 1.29 is 38.2 Å². The Labute approximate surface area is 207 Å². The number of hydrogen-bond donors (Lipinski definition) is 0. The number of esters is 1. The van der Waals surface area contributed by atoms with Gasteiger partial charge in [0.25, 0.3) is 17.7 Å². The van der Waals surface area contributed by atoms with Crippen molar-refractivity contribution in [3.8, 4) is 0 Å². The third-order valence-corrected chi connectivity index (χ3v) is 5.63. The molecule has 35 heavy (non-hydrogen) atoms. The van der Waals surface area contributed by atoms with E-state index in [4.69, 9.17) is 14.2 Å². The average Bonchev–Trinajstić information content (AvgIpc) is 3.17. The molecular formula is C25H38N2O8. The van der Waals surface area contributed by atoms with Gasteiger partial charge in [-0.3, -0.25) is 29.0 Å². The number of nitrogens with zero attached hydrogens (tertiary/aromatic N) is 2. The lowest BCUT2D eigenvalue weighted by Gasteiger charge is -2.29. The summed E-state index contributed by atoms with van der Waals surface area (Å²) in [5, 5.41) is 0. The molecule has 0 N–H and O–H groups in total. The number of carbonyl (C=O) groups excluding carboxylic acids is 5. The number of hydrogen-bond acceptors (Lipinski definition) is 8. The lowest BCUT2D eigenvalue weighted by atomic mass is 10.1. The average molecular weight is 495 g/mol. The first-order valence-corrected chi connectivity index (χ1v) is 12.0. The van der Waals surface area contributed by atoms with E-state index in [2.05, 4.69) is 0 Å². The number of imide groups is 2. The van der Waals surface area contributed by atoms with Crippen molar-refractivity contribution in [3.63, 3.8) is 0 Å². The van der Waals surface area contributed by atoms with E-state index >= 15 is 0 Å². The SMILES string of the molecule is C/C=C\C(=O)N(C=O)C(C)C(=O)OCCCCCCCCCOC(OC)C(C)N1C(=O)C=CC1=O. The van der Waals surface area contributed by atoms with Crippen molar-refractivity contribution >= 4 is 30.1 Å². The minimum absolute atomic E-state index is 0.246. The second-order valence-electron chi connectivity index (χ2n) is 8.26. The van der Waals surface area contributed by atoms with Crippen molar-refractivity contribution in [2.75, 3.05) is 20.3 Å². The van der Waals surface area contributed by atoms with E-state index in [1.165, 1.54) is 38.3 Å². The summed E-state index contributed by atoms with van der Waals surface area (Å²) < 4.78 is 16.2. The zero-order valence-electron chi connectivity index (χ0n) is 21.1. The van der Waals surface area contributed by atoms with Gasteiger partial charge in [-0.1, -0.05) is 38.2 Å². The molecule has 196 valence electrons.